The Kier molecular flexibility index (Phi) is 11.1. The Morgan fingerprint density at radius 2 is 1.59 bits per heavy atom. The topological polar surface area (TPSA) is 26.1 Å². The van der Waals surface area contributed by atoms with Crippen molar-refractivity contribution < 1.29 is 4.74 Å². The van der Waals surface area contributed by atoms with Crippen LogP contribution in [0.2, 0.25) is 0 Å². The summed E-state index contributed by atoms with van der Waals surface area (Å²) in [6.45, 7) is 6.04. The molecule has 0 aromatic rings. The summed E-state index contributed by atoms with van der Waals surface area (Å²) in [5.74, 6) is 0. The number of hydrogen-bond acceptors (Lipinski definition) is 1. The minimum Gasteiger partial charge on any atom is -0.624 e. The summed E-state index contributed by atoms with van der Waals surface area (Å²) in [6.07, 6.45) is 16.1. The highest BCUT2D eigenvalue weighted by Gasteiger charge is 1.95. The largest absolute Gasteiger partial charge is 0.624 e. The molecule has 0 aromatic carbocycles. The molecule has 0 spiro atoms. The standard InChI is InChI=1S/C15H29NO/c1-4-5-6-7-8-9-10-11-12-13-14-16(17)15(2)3/h12-15H,4-11H2,1-3H3. The Hall–Kier alpha value is -0.790. The van der Waals surface area contributed by atoms with Crippen LogP contribution in [0.15, 0.2) is 12.2 Å². The molecule has 0 fully saturated rings. The Labute approximate surface area is 107 Å². The monoisotopic (exact) mass is 239 g/mol. The molecule has 0 aliphatic heterocycles. The van der Waals surface area contributed by atoms with E-state index in [9.17, 15) is 5.21 Å². The maximum Gasteiger partial charge on any atom is 0.174 e. The number of hydrogen-bond donors (Lipinski definition) is 0. The van der Waals surface area contributed by atoms with E-state index in [2.05, 4.69) is 13.0 Å². The van der Waals surface area contributed by atoms with Gasteiger partial charge in [0.25, 0.3) is 0 Å². The molecule has 0 rings (SSSR count). The van der Waals surface area contributed by atoms with E-state index in [4.69, 9.17) is 0 Å². The lowest BCUT2D eigenvalue weighted by Gasteiger charge is -2.04. The van der Waals surface area contributed by atoms with Gasteiger partial charge in [0.05, 0.1) is 0 Å². The highest BCUT2D eigenvalue weighted by Crippen LogP contribution is 2.08. The first-order valence-corrected chi connectivity index (χ1v) is 7.14. The molecule has 0 amide bonds. The molecule has 100 valence electrons. The van der Waals surface area contributed by atoms with Crippen molar-refractivity contribution in [3.63, 3.8) is 0 Å². The molecule has 0 N–H and O–H groups in total. The molecule has 0 heterocycles. The molecule has 0 bridgehead atoms. The molecule has 2 nitrogen and oxygen atoms in total. The molecular weight excluding hydrogens is 210 g/mol. The van der Waals surface area contributed by atoms with Gasteiger partial charge < -0.3 is 5.21 Å². The maximum atomic E-state index is 11.2. The van der Waals surface area contributed by atoms with Crippen LogP contribution in [-0.4, -0.2) is 17.0 Å². The fraction of sp³-hybridized carbons (Fsp3) is 0.800. The SMILES string of the molecule is CCCCCCCCCC=CC=[N+]([O-])C(C)C. The van der Waals surface area contributed by atoms with Crippen LogP contribution in [0.1, 0.15) is 72.1 Å². The van der Waals surface area contributed by atoms with Crippen LogP contribution in [0.5, 0.6) is 0 Å². The van der Waals surface area contributed by atoms with E-state index in [1.807, 2.05) is 19.9 Å². The summed E-state index contributed by atoms with van der Waals surface area (Å²) in [5.41, 5.74) is 0. The third kappa shape index (κ3) is 11.5. The Bertz CT molecular complexity index is 219. The maximum absolute atomic E-state index is 11.2. The van der Waals surface area contributed by atoms with Crippen molar-refractivity contribution in [2.75, 3.05) is 0 Å². The second-order valence-electron chi connectivity index (χ2n) is 4.94. The number of hydroxylamine groups is 1. The van der Waals surface area contributed by atoms with Crippen molar-refractivity contribution >= 4 is 6.21 Å². The van der Waals surface area contributed by atoms with Crippen LogP contribution < -0.4 is 0 Å². The predicted molar refractivity (Wildman–Crippen MR) is 76.6 cm³/mol. The quantitative estimate of drug-likeness (QED) is 0.179. The van der Waals surface area contributed by atoms with E-state index in [1.54, 1.807) is 6.21 Å². The molecule has 0 unspecified atom stereocenters. The molecule has 2 heteroatoms. The lowest BCUT2D eigenvalue weighted by atomic mass is 10.1. The second kappa shape index (κ2) is 11.7. The van der Waals surface area contributed by atoms with Gasteiger partial charge in [0, 0.05) is 0 Å². The first kappa shape index (κ1) is 16.2. The van der Waals surface area contributed by atoms with E-state index in [0.29, 0.717) is 0 Å². The molecule has 0 radical (unpaired) electrons. The van der Waals surface area contributed by atoms with Crippen molar-refractivity contribution in [3.05, 3.63) is 17.4 Å². The van der Waals surface area contributed by atoms with Gasteiger partial charge in [0.2, 0.25) is 0 Å². The summed E-state index contributed by atoms with van der Waals surface area (Å²) in [4.78, 5) is 0. The lowest BCUT2D eigenvalue weighted by molar-refractivity contribution is -0.486. The van der Waals surface area contributed by atoms with Crippen LogP contribution >= 0.6 is 0 Å². The van der Waals surface area contributed by atoms with Crippen LogP contribution in [0.4, 0.5) is 0 Å². The second-order valence-corrected chi connectivity index (χ2v) is 4.94. The van der Waals surface area contributed by atoms with Gasteiger partial charge in [-0.15, -0.1) is 0 Å². The van der Waals surface area contributed by atoms with Crippen LogP contribution in [0, 0.1) is 5.21 Å². The van der Waals surface area contributed by atoms with Crippen molar-refractivity contribution in [2.24, 2.45) is 0 Å². The molecule has 0 saturated heterocycles. The van der Waals surface area contributed by atoms with E-state index >= 15 is 0 Å². The summed E-state index contributed by atoms with van der Waals surface area (Å²) in [5, 5.41) is 11.2. The summed E-state index contributed by atoms with van der Waals surface area (Å²) in [6, 6.07) is 0.0400. The number of allylic oxidation sites excluding steroid dienone is 2. The van der Waals surface area contributed by atoms with Crippen molar-refractivity contribution in [2.45, 2.75) is 78.2 Å². The third-order valence-electron chi connectivity index (χ3n) is 2.85. The number of unbranched alkanes of at least 4 members (excludes halogenated alkanes) is 7. The molecule has 0 atom stereocenters. The summed E-state index contributed by atoms with van der Waals surface area (Å²) in [7, 11) is 0. The van der Waals surface area contributed by atoms with Gasteiger partial charge in [-0.1, -0.05) is 51.5 Å². The first-order valence-electron chi connectivity index (χ1n) is 7.14. The fourth-order valence-electron chi connectivity index (χ4n) is 1.63. The van der Waals surface area contributed by atoms with Crippen LogP contribution in [-0.2, 0) is 0 Å². The predicted octanol–water partition coefficient (Wildman–Crippen LogP) is 4.67. The number of nitrogens with zero attached hydrogens (tertiary/aromatic N) is 1. The highest BCUT2D eigenvalue weighted by molar-refractivity contribution is 5.66. The zero-order valence-corrected chi connectivity index (χ0v) is 11.8. The van der Waals surface area contributed by atoms with Gasteiger partial charge in [0.1, 0.15) is 0 Å². The van der Waals surface area contributed by atoms with Gasteiger partial charge in [-0.05, 0) is 32.8 Å². The van der Waals surface area contributed by atoms with Gasteiger partial charge in [-0.25, -0.2) is 4.74 Å². The Balaban J connectivity index is 3.33. The molecule has 0 aromatic heterocycles. The first-order chi connectivity index (χ1) is 8.18. The Morgan fingerprint density at radius 3 is 2.18 bits per heavy atom. The zero-order valence-electron chi connectivity index (χ0n) is 11.8. The zero-order chi connectivity index (χ0) is 12.9. The van der Waals surface area contributed by atoms with Crippen LogP contribution in [0.3, 0.4) is 0 Å². The summed E-state index contributed by atoms with van der Waals surface area (Å²) < 4.78 is 0.987. The molecular formula is C15H29NO. The normalized spacial score (nSPS) is 12.8. The Morgan fingerprint density at radius 1 is 1.00 bits per heavy atom. The van der Waals surface area contributed by atoms with Crippen molar-refractivity contribution in [3.8, 4) is 0 Å². The molecule has 0 aliphatic rings. The van der Waals surface area contributed by atoms with Crippen LogP contribution in [0.25, 0.3) is 0 Å². The van der Waals surface area contributed by atoms with Crippen molar-refractivity contribution in [1.82, 2.24) is 0 Å². The third-order valence-corrected chi connectivity index (χ3v) is 2.85. The summed E-state index contributed by atoms with van der Waals surface area (Å²) >= 11 is 0. The minimum atomic E-state index is 0.0400. The van der Waals surface area contributed by atoms with Gasteiger partial charge in [-0.3, -0.25) is 0 Å². The average Bonchev–Trinajstić information content (AvgIpc) is 2.31. The van der Waals surface area contributed by atoms with Crippen molar-refractivity contribution in [1.29, 1.82) is 0 Å². The van der Waals surface area contributed by atoms with E-state index < -0.39 is 0 Å². The number of rotatable bonds is 10. The minimum absolute atomic E-state index is 0.0400. The molecule has 17 heavy (non-hydrogen) atoms. The molecule has 0 saturated carbocycles. The van der Waals surface area contributed by atoms with Gasteiger partial charge >= 0.3 is 0 Å². The van der Waals surface area contributed by atoms with E-state index in [0.717, 1.165) is 11.2 Å². The van der Waals surface area contributed by atoms with Gasteiger partial charge in [0.15, 0.2) is 12.3 Å². The van der Waals surface area contributed by atoms with E-state index in [1.165, 1.54) is 44.9 Å². The highest BCUT2D eigenvalue weighted by atomic mass is 16.5. The average molecular weight is 239 g/mol. The fourth-order valence-corrected chi connectivity index (χ4v) is 1.63. The smallest absolute Gasteiger partial charge is 0.174 e. The van der Waals surface area contributed by atoms with E-state index in [-0.39, 0.29) is 6.04 Å². The lowest BCUT2D eigenvalue weighted by Crippen LogP contribution is -2.13. The molecule has 0 aliphatic carbocycles. The van der Waals surface area contributed by atoms with Gasteiger partial charge in [-0.2, -0.15) is 0 Å².